The number of nitrogens with two attached hydrogens (primary N) is 1. The van der Waals surface area contributed by atoms with Crippen molar-refractivity contribution in [2.24, 2.45) is 5.84 Å². The number of aryl methyl sites for hydroxylation is 1. The lowest BCUT2D eigenvalue weighted by atomic mass is 10.3. The van der Waals surface area contributed by atoms with E-state index < -0.39 is 0 Å². The van der Waals surface area contributed by atoms with Crippen molar-refractivity contribution < 1.29 is 5.11 Å². The summed E-state index contributed by atoms with van der Waals surface area (Å²) in [6.07, 6.45) is 0.504. The second-order valence-electron chi connectivity index (χ2n) is 4.48. The van der Waals surface area contributed by atoms with Gasteiger partial charge in [-0.1, -0.05) is 0 Å². The average Bonchev–Trinajstić information content (AvgIpc) is 2.92. The SMILES string of the molecule is Cc1cc2c(N3CCC(O)C3)nc(NN)nc2s1. The first-order valence-corrected chi connectivity index (χ1v) is 6.67. The second-order valence-corrected chi connectivity index (χ2v) is 5.71. The van der Waals surface area contributed by atoms with Gasteiger partial charge >= 0.3 is 0 Å². The molecular formula is C11H15N5OS. The Bertz CT molecular complexity index is 584. The number of aromatic nitrogens is 2. The first-order chi connectivity index (χ1) is 8.67. The molecule has 1 unspecified atom stereocenters. The lowest BCUT2D eigenvalue weighted by molar-refractivity contribution is 0.198. The van der Waals surface area contributed by atoms with E-state index in [-0.39, 0.29) is 6.10 Å². The van der Waals surface area contributed by atoms with Crippen LogP contribution in [0, 0.1) is 6.92 Å². The van der Waals surface area contributed by atoms with Crippen LogP contribution in [0.3, 0.4) is 0 Å². The number of β-amino-alcohol motifs (C(OH)–C–C–N with tert-alkyl or cyclic N) is 1. The van der Waals surface area contributed by atoms with E-state index in [0.717, 1.165) is 29.0 Å². The molecule has 0 amide bonds. The highest BCUT2D eigenvalue weighted by atomic mass is 32.1. The van der Waals surface area contributed by atoms with E-state index in [1.165, 1.54) is 4.88 Å². The molecule has 0 aromatic carbocycles. The molecule has 0 aliphatic carbocycles. The molecule has 7 heteroatoms. The number of rotatable bonds is 2. The number of hydrazine groups is 1. The Morgan fingerprint density at radius 2 is 2.39 bits per heavy atom. The van der Waals surface area contributed by atoms with Gasteiger partial charge in [-0.2, -0.15) is 4.98 Å². The molecule has 18 heavy (non-hydrogen) atoms. The van der Waals surface area contributed by atoms with E-state index in [9.17, 15) is 5.11 Å². The highest BCUT2D eigenvalue weighted by Gasteiger charge is 2.24. The van der Waals surface area contributed by atoms with Gasteiger partial charge in [-0.3, -0.25) is 5.43 Å². The maximum absolute atomic E-state index is 9.64. The van der Waals surface area contributed by atoms with Crippen molar-refractivity contribution in [3.63, 3.8) is 0 Å². The van der Waals surface area contributed by atoms with Gasteiger partial charge in [-0.25, -0.2) is 10.8 Å². The average molecular weight is 265 g/mol. The fourth-order valence-electron chi connectivity index (χ4n) is 2.27. The number of nitrogen functional groups attached to an aromatic ring is 1. The second kappa shape index (κ2) is 4.34. The fraction of sp³-hybridized carbons (Fsp3) is 0.455. The topological polar surface area (TPSA) is 87.3 Å². The van der Waals surface area contributed by atoms with Gasteiger partial charge < -0.3 is 10.0 Å². The predicted molar refractivity (Wildman–Crippen MR) is 72.8 cm³/mol. The molecule has 3 rings (SSSR count). The summed E-state index contributed by atoms with van der Waals surface area (Å²) < 4.78 is 0. The van der Waals surface area contributed by atoms with Crippen LogP contribution in [0.4, 0.5) is 11.8 Å². The summed E-state index contributed by atoms with van der Waals surface area (Å²) in [5, 5.41) is 10.7. The molecule has 0 bridgehead atoms. The molecule has 96 valence electrons. The lowest BCUT2D eigenvalue weighted by Gasteiger charge is -2.18. The maximum Gasteiger partial charge on any atom is 0.240 e. The fourth-order valence-corrected chi connectivity index (χ4v) is 3.14. The summed E-state index contributed by atoms with van der Waals surface area (Å²) in [6, 6.07) is 2.08. The molecule has 0 spiro atoms. The van der Waals surface area contributed by atoms with Crippen molar-refractivity contribution in [1.82, 2.24) is 9.97 Å². The first kappa shape index (κ1) is 11.6. The van der Waals surface area contributed by atoms with E-state index >= 15 is 0 Å². The molecule has 1 atom stereocenters. The van der Waals surface area contributed by atoms with Crippen LogP contribution in [-0.4, -0.2) is 34.3 Å². The van der Waals surface area contributed by atoms with E-state index in [2.05, 4.69) is 26.4 Å². The molecule has 6 nitrogen and oxygen atoms in total. The molecule has 0 saturated carbocycles. The van der Waals surface area contributed by atoms with Crippen LogP contribution < -0.4 is 16.2 Å². The minimum Gasteiger partial charge on any atom is -0.391 e. The summed E-state index contributed by atoms with van der Waals surface area (Å²) in [7, 11) is 0. The van der Waals surface area contributed by atoms with Crippen molar-refractivity contribution in [2.45, 2.75) is 19.4 Å². The lowest BCUT2D eigenvalue weighted by Crippen LogP contribution is -2.23. The molecule has 1 aliphatic heterocycles. The van der Waals surface area contributed by atoms with Gasteiger partial charge in [0.25, 0.3) is 0 Å². The maximum atomic E-state index is 9.64. The van der Waals surface area contributed by atoms with Crippen molar-refractivity contribution >= 4 is 33.3 Å². The number of fused-ring (bicyclic) bond motifs is 1. The summed E-state index contributed by atoms with van der Waals surface area (Å²) in [5.74, 6) is 6.68. The quantitative estimate of drug-likeness (QED) is 0.551. The van der Waals surface area contributed by atoms with Gasteiger partial charge in [-0.05, 0) is 19.4 Å². The van der Waals surface area contributed by atoms with Gasteiger partial charge in [0.15, 0.2) is 0 Å². The Hall–Kier alpha value is -1.44. The van der Waals surface area contributed by atoms with E-state index in [4.69, 9.17) is 5.84 Å². The minimum absolute atomic E-state index is 0.274. The summed E-state index contributed by atoms with van der Waals surface area (Å²) in [4.78, 5) is 13.0. The number of anilines is 2. The van der Waals surface area contributed by atoms with Gasteiger partial charge in [-0.15, -0.1) is 11.3 Å². The number of nitrogens with one attached hydrogen (secondary N) is 1. The van der Waals surface area contributed by atoms with E-state index in [1.54, 1.807) is 11.3 Å². The molecule has 1 aliphatic rings. The third-order valence-electron chi connectivity index (χ3n) is 3.09. The van der Waals surface area contributed by atoms with Crippen LogP contribution >= 0.6 is 11.3 Å². The Balaban J connectivity index is 2.13. The van der Waals surface area contributed by atoms with Gasteiger partial charge in [0, 0.05) is 18.0 Å². The van der Waals surface area contributed by atoms with Crippen LogP contribution in [0.2, 0.25) is 0 Å². The highest BCUT2D eigenvalue weighted by molar-refractivity contribution is 7.18. The zero-order chi connectivity index (χ0) is 12.7. The van der Waals surface area contributed by atoms with Crippen LogP contribution in [0.5, 0.6) is 0 Å². The van der Waals surface area contributed by atoms with Crippen molar-refractivity contribution in [2.75, 3.05) is 23.4 Å². The predicted octanol–water partition coefficient (Wildman–Crippen LogP) is 0.856. The summed E-state index contributed by atoms with van der Waals surface area (Å²) >= 11 is 1.62. The normalized spacial score (nSPS) is 19.7. The van der Waals surface area contributed by atoms with Crippen LogP contribution in [0.15, 0.2) is 6.07 Å². The number of hydrogen-bond acceptors (Lipinski definition) is 7. The smallest absolute Gasteiger partial charge is 0.240 e. The van der Waals surface area contributed by atoms with Crippen molar-refractivity contribution in [1.29, 1.82) is 0 Å². The number of aliphatic hydroxyl groups excluding tert-OH is 1. The van der Waals surface area contributed by atoms with Crippen LogP contribution in [0.25, 0.3) is 10.2 Å². The monoisotopic (exact) mass is 265 g/mol. The first-order valence-electron chi connectivity index (χ1n) is 5.85. The molecule has 1 saturated heterocycles. The molecule has 0 radical (unpaired) electrons. The third-order valence-corrected chi connectivity index (χ3v) is 4.03. The minimum atomic E-state index is -0.274. The van der Waals surface area contributed by atoms with Crippen LogP contribution in [-0.2, 0) is 0 Å². The standard InChI is InChI=1S/C11H15N5OS/c1-6-4-8-9(16-3-2-7(17)5-16)13-11(15-12)14-10(8)18-6/h4,7,17H,2-3,5,12H2,1H3,(H,13,14,15). The van der Waals surface area contributed by atoms with E-state index in [1.807, 2.05) is 6.92 Å². The molecule has 4 N–H and O–H groups in total. The molecular weight excluding hydrogens is 250 g/mol. The Morgan fingerprint density at radius 3 is 3.06 bits per heavy atom. The van der Waals surface area contributed by atoms with Crippen molar-refractivity contribution in [3.05, 3.63) is 10.9 Å². The Morgan fingerprint density at radius 1 is 1.56 bits per heavy atom. The number of thiophene rings is 1. The molecule has 3 heterocycles. The largest absolute Gasteiger partial charge is 0.391 e. The molecule has 2 aromatic rings. The van der Waals surface area contributed by atoms with E-state index in [0.29, 0.717) is 12.5 Å². The Labute approximate surface area is 108 Å². The number of nitrogens with zero attached hydrogens (tertiary/aromatic N) is 3. The van der Waals surface area contributed by atoms with Gasteiger partial charge in [0.1, 0.15) is 10.6 Å². The number of hydrogen-bond donors (Lipinski definition) is 3. The molecule has 1 fully saturated rings. The zero-order valence-electron chi connectivity index (χ0n) is 10.1. The highest BCUT2D eigenvalue weighted by Crippen LogP contribution is 2.33. The third kappa shape index (κ3) is 1.90. The molecule has 2 aromatic heterocycles. The van der Waals surface area contributed by atoms with Crippen molar-refractivity contribution in [3.8, 4) is 0 Å². The van der Waals surface area contributed by atoms with Crippen LogP contribution in [0.1, 0.15) is 11.3 Å². The summed E-state index contributed by atoms with van der Waals surface area (Å²) in [5.41, 5.74) is 2.50. The van der Waals surface area contributed by atoms with Gasteiger partial charge in [0.2, 0.25) is 5.95 Å². The summed E-state index contributed by atoms with van der Waals surface area (Å²) in [6.45, 7) is 3.47. The van der Waals surface area contributed by atoms with Gasteiger partial charge in [0.05, 0.1) is 11.5 Å². The zero-order valence-corrected chi connectivity index (χ0v) is 10.9. The number of aliphatic hydroxyl groups is 1. The Kier molecular flexibility index (Phi) is 2.81.